The first-order valence-corrected chi connectivity index (χ1v) is 9.87. The molecule has 134 valence electrons. The highest BCUT2D eigenvalue weighted by Crippen LogP contribution is 2.28. The Morgan fingerprint density at radius 1 is 1.08 bits per heavy atom. The van der Waals surface area contributed by atoms with Crippen LogP contribution in [0.2, 0.25) is 0 Å². The zero-order valence-corrected chi connectivity index (χ0v) is 14.9. The molecule has 2 heterocycles. The fraction of sp³-hybridized carbons (Fsp3) is 0.650. The van der Waals surface area contributed by atoms with Crippen molar-refractivity contribution in [1.82, 2.24) is 15.3 Å². The second-order valence-electron chi connectivity index (χ2n) is 7.60. The maximum Gasteiger partial charge on any atom is 0.223 e. The van der Waals surface area contributed by atoms with Crippen LogP contribution < -0.4 is 10.2 Å². The number of hydrogen-bond acceptors (Lipinski definition) is 4. The van der Waals surface area contributed by atoms with E-state index in [9.17, 15) is 4.79 Å². The summed E-state index contributed by atoms with van der Waals surface area (Å²) in [6.45, 7) is 1.90. The molecule has 1 amide bonds. The van der Waals surface area contributed by atoms with E-state index in [1.807, 2.05) is 0 Å². The summed E-state index contributed by atoms with van der Waals surface area (Å²) in [7, 11) is 0. The first kappa shape index (κ1) is 16.6. The fourth-order valence-corrected chi connectivity index (χ4v) is 4.38. The summed E-state index contributed by atoms with van der Waals surface area (Å²) < 4.78 is 0. The number of carbonyl (C=O) groups is 1. The van der Waals surface area contributed by atoms with Gasteiger partial charge in [0, 0.05) is 30.6 Å². The number of piperidine rings is 1. The van der Waals surface area contributed by atoms with E-state index in [0.29, 0.717) is 11.9 Å². The zero-order valence-electron chi connectivity index (χ0n) is 14.9. The maximum atomic E-state index is 12.5. The van der Waals surface area contributed by atoms with Crippen molar-refractivity contribution in [3.05, 3.63) is 23.7 Å². The van der Waals surface area contributed by atoms with Gasteiger partial charge in [-0.1, -0.05) is 31.4 Å². The van der Waals surface area contributed by atoms with E-state index in [4.69, 9.17) is 0 Å². The number of amides is 1. The third-order valence-electron chi connectivity index (χ3n) is 5.89. The molecule has 0 aromatic carbocycles. The van der Waals surface area contributed by atoms with Crippen molar-refractivity contribution in [2.75, 3.05) is 18.0 Å². The molecule has 0 radical (unpaired) electrons. The number of nitrogens with zero attached hydrogens (tertiary/aromatic N) is 3. The molecule has 0 spiro atoms. The number of allylic oxidation sites excluding steroid dienone is 1. The Balaban J connectivity index is 1.34. The van der Waals surface area contributed by atoms with Crippen molar-refractivity contribution >= 4 is 17.8 Å². The first-order valence-electron chi connectivity index (χ1n) is 9.87. The molecule has 2 fully saturated rings. The number of carbonyl (C=O) groups excluding carboxylic acids is 1. The third kappa shape index (κ3) is 3.70. The zero-order chi connectivity index (χ0) is 17.1. The topological polar surface area (TPSA) is 58.1 Å². The lowest BCUT2D eigenvalue weighted by molar-refractivity contribution is -0.126. The van der Waals surface area contributed by atoms with Crippen LogP contribution in [0.5, 0.6) is 0 Å². The van der Waals surface area contributed by atoms with Crippen molar-refractivity contribution < 1.29 is 4.79 Å². The lowest BCUT2D eigenvalue weighted by atomic mass is 9.88. The summed E-state index contributed by atoms with van der Waals surface area (Å²) in [5.41, 5.74) is 2.36. The molecule has 5 nitrogen and oxygen atoms in total. The second-order valence-corrected chi connectivity index (χ2v) is 7.60. The molecule has 1 saturated carbocycles. The number of nitrogens with one attached hydrogen (secondary N) is 1. The van der Waals surface area contributed by atoms with Gasteiger partial charge < -0.3 is 10.2 Å². The molecule has 2 aliphatic carbocycles. The van der Waals surface area contributed by atoms with Gasteiger partial charge in [0.2, 0.25) is 5.91 Å². The van der Waals surface area contributed by atoms with Gasteiger partial charge in [0.05, 0.1) is 5.69 Å². The lowest BCUT2D eigenvalue weighted by Gasteiger charge is -2.35. The van der Waals surface area contributed by atoms with Gasteiger partial charge in [0.25, 0.3) is 0 Å². The van der Waals surface area contributed by atoms with E-state index in [-0.39, 0.29) is 5.92 Å². The Morgan fingerprint density at radius 3 is 2.68 bits per heavy atom. The summed E-state index contributed by atoms with van der Waals surface area (Å²) >= 11 is 0. The molecule has 3 aliphatic rings. The third-order valence-corrected chi connectivity index (χ3v) is 5.89. The van der Waals surface area contributed by atoms with Crippen LogP contribution in [-0.4, -0.2) is 35.0 Å². The Morgan fingerprint density at radius 2 is 1.88 bits per heavy atom. The number of hydrogen-bond donors (Lipinski definition) is 1. The molecule has 0 atom stereocenters. The lowest BCUT2D eigenvalue weighted by Crippen LogP contribution is -2.47. The summed E-state index contributed by atoms with van der Waals surface area (Å²) in [6, 6.07) is 0.318. The number of rotatable bonds is 3. The molecule has 1 saturated heterocycles. The molecule has 0 bridgehead atoms. The van der Waals surface area contributed by atoms with Crippen molar-refractivity contribution in [1.29, 1.82) is 0 Å². The molecule has 1 aromatic rings. The summed E-state index contributed by atoms with van der Waals surface area (Å²) in [5, 5.41) is 3.31. The number of aromatic nitrogens is 2. The fourth-order valence-electron chi connectivity index (χ4n) is 4.38. The second kappa shape index (κ2) is 7.54. The van der Waals surface area contributed by atoms with Crippen LogP contribution in [0, 0.1) is 5.92 Å². The molecule has 4 rings (SSSR count). The minimum Gasteiger partial charge on any atom is -0.356 e. The van der Waals surface area contributed by atoms with E-state index in [1.54, 1.807) is 6.33 Å². The first-order chi connectivity index (χ1) is 12.3. The van der Waals surface area contributed by atoms with Crippen LogP contribution in [0.25, 0.3) is 6.08 Å². The van der Waals surface area contributed by atoms with Gasteiger partial charge in [-0.2, -0.15) is 0 Å². The highest BCUT2D eigenvalue weighted by molar-refractivity contribution is 5.79. The molecular weight excluding hydrogens is 312 g/mol. The van der Waals surface area contributed by atoms with E-state index in [2.05, 4.69) is 32.3 Å². The highest BCUT2D eigenvalue weighted by atomic mass is 16.1. The molecule has 0 unspecified atom stereocenters. The summed E-state index contributed by atoms with van der Waals surface area (Å²) in [4.78, 5) is 23.8. The Kier molecular flexibility index (Phi) is 4.99. The van der Waals surface area contributed by atoms with Crippen LogP contribution in [0.15, 0.2) is 12.4 Å². The van der Waals surface area contributed by atoms with Crippen molar-refractivity contribution in [3.8, 4) is 0 Å². The standard InChI is InChI=1S/C20H28N4O/c25-20(15-6-2-1-3-7-15)23-16-10-12-24(13-11-16)19-17-8-4-5-9-18(17)21-14-22-19/h4,8,14-16H,1-3,5-7,9-13H2,(H,23,25). The minimum absolute atomic E-state index is 0.255. The SMILES string of the molecule is O=C(NC1CCN(c2ncnc3c2C=CCC3)CC1)C1CCCCC1. The highest BCUT2D eigenvalue weighted by Gasteiger charge is 2.27. The van der Waals surface area contributed by atoms with Gasteiger partial charge in [-0.25, -0.2) is 9.97 Å². The van der Waals surface area contributed by atoms with Gasteiger partial charge in [0.15, 0.2) is 0 Å². The Labute approximate surface area is 149 Å². The average Bonchev–Trinajstić information content (AvgIpc) is 2.69. The molecule has 25 heavy (non-hydrogen) atoms. The largest absolute Gasteiger partial charge is 0.356 e. The summed E-state index contributed by atoms with van der Waals surface area (Å²) in [5.74, 6) is 1.62. The number of aryl methyl sites for hydroxylation is 1. The smallest absolute Gasteiger partial charge is 0.223 e. The van der Waals surface area contributed by atoms with Gasteiger partial charge in [-0.05, 0) is 38.5 Å². The predicted octanol–water partition coefficient (Wildman–Crippen LogP) is 3.10. The molecule has 1 aromatic heterocycles. The van der Waals surface area contributed by atoms with Crippen LogP contribution in [0.1, 0.15) is 62.6 Å². The van der Waals surface area contributed by atoms with Crippen molar-refractivity contribution in [2.45, 2.75) is 63.8 Å². The summed E-state index contributed by atoms with van der Waals surface area (Å²) in [6.07, 6.45) is 16.0. The van der Waals surface area contributed by atoms with Crippen LogP contribution in [0.3, 0.4) is 0 Å². The van der Waals surface area contributed by atoms with E-state index < -0.39 is 0 Å². The monoisotopic (exact) mass is 340 g/mol. The van der Waals surface area contributed by atoms with E-state index >= 15 is 0 Å². The van der Waals surface area contributed by atoms with E-state index in [0.717, 1.165) is 57.4 Å². The normalized spacial score (nSPS) is 21.8. The molecule has 1 aliphatic heterocycles. The Hall–Kier alpha value is -1.91. The minimum atomic E-state index is 0.255. The van der Waals surface area contributed by atoms with Crippen LogP contribution in [0.4, 0.5) is 5.82 Å². The molecular formula is C20H28N4O. The van der Waals surface area contributed by atoms with Crippen molar-refractivity contribution in [3.63, 3.8) is 0 Å². The predicted molar refractivity (Wildman–Crippen MR) is 99.3 cm³/mol. The van der Waals surface area contributed by atoms with Crippen LogP contribution in [-0.2, 0) is 11.2 Å². The van der Waals surface area contributed by atoms with E-state index in [1.165, 1.54) is 30.5 Å². The maximum absolute atomic E-state index is 12.5. The van der Waals surface area contributed by atoms with Gasteiger partial charge in [-0.15, -0.1) is 0 Å². The molecule has 5 heteroatoms. The average molecular weight is 340 g/mol. The Bertz CT molecular complexity index is 643. The quantitative estimate of drug-likeness (QED) is 0.918. The van der Waals surface area contributed by atoms with Gasteiger partial charge >= 0.3 is 0 Å². The van der Waals surface area contributed by atoms with Crippen LogP contribution >= 0.6 is 0 Å². The van der Waals surface area contributed by atoms with Crippen molar-refractivity contribution in [2.24, 2.45) is 5.92 Å². The number of fused-ring (bicyclic) bond motifs is 1. The van der Waals surface area contributed by atoms with Gasteiger partial charge in [0.1, 0.15) is 12.1 Å². The van der Waals surface area contributed by atoms with Gasteiger partial charge in [-0.3, -0.25) is 4.79 Å². The number of anilines is 1. The molecule has 1 N–H and O–H groups in total.